The normalized spacial score (nSPS) is 17.9. The fraction of sp³-hybridized carbons (Fsp3) is 0.537. The van der Waals surface area contributed by atoms with Crippen LogP contribution >= 0.6 is 0 Å². The zero-order valence-electron chi connectivity index (χ0n) is 32.1. The van der Waals surface area contributed by atoms with Crippen LogP contribution in [0.25, 0.3) is 0 Å². The number of para-hydroxylation sites is 1. The second-order valence-electron chi connectivity index (χ2n) is 15.6. The number of carbonyl (C=O) groups excluding carboxylic acids is 5. The van der Waals surface area contributed by atoms with E-state index in [1.165, 1.54) is 4.90 Å². The molecule has 54 heavy (non-hydrogen) atoms. The summed E-state index contributed by atoms with van der Waals surface area (Å²) in [5.74, 6) is -4.45. The molecule has 2 heterocycles. The maximum absolute atomic E-state index is 14.5. The molecule has 3 amide bonds. The lowest BCUT2D eigenvalue weighted by Crippen LogP contribution is -2.57. The number of anilines is 1. The summed E-state index contributed by atoms with van der Waals surface area (Å²) in [5, 5.41) is 27.5. The van der Waals surface area contributed by atoms with Gasteiger partial charge < -0.3 is 30.7 Å². The van der Waals surface area contributed by atoms with Gasteiger partial charge in [-0.25, -0.2) is 0 Å². The molecule has 0 fully saturated rings. The third-order valence-electron chi connectivity index (χ3n) is 9.76. The van der Waals surface area contributed by atoms with Crippen molar-refractivity contribution < 1.29 is 38.6 Å². The highest BCUT2D eigenvalue weighted by atomic mass is 16.6. The summed E-state index contributed by atoms with van der Waals surface area (Å²) < 4.78 is 5.45. The number of benzene rings is 2. The highest BCUT2D eigenvalue weighted by molar-refractivity contribution is 5.94. The Morgan fingerprint density at radius 2 is 1.74 bits per heavy atom. The van der Waals surface area contributed by atoms with E-state index in [-0.39, 0.29) is 38.0 Å². The number of nitriles is 1. The van der Waals surface area contributed by atoms with Crippen molar-refractivity contribution >= 4 is 41.1 Å². The Balaban J connectivity index is 1.54. The quantitative estimate of drug-likeness (QED) is 0.177. The molecule has 2 aromatic carbocycles. The lowest BCUT2D eigenvalue weighted by atomic mass is 9.88. The molecule has 0 saturated heterocycles. The van der Waals surface area contributed by atoms with Gasteiger partial charge in [-0.15, -0.1) is 0 Å². The zero-order chi connectivity index (χ0) is 39.7. The number of carboxylic acids is 1. The average Bonchev–Trinajstić information content (AvgIpc) is 3.54. The van der Waals surface area contributed by atoms with E-state index in [9.17, 15) is 39.1 Å². The minimum Gasteiger partial charge on any atom is -0.481 e. The Bertz CT molecular complexity index is 1750. The molecule has 13 heteroatoms. The Morgan fingerprint density at radius 3 is 2.39 bits per heavy atom. The summed E-state index contributed by atoms with van der Waals surface area (Å²) in [5.41, 5.74) is 3.67. The van der Waals surface area contributed by atoms with Crippen molar-refractivity contribution in [2.24, 2.45) is 11.8 Å². The number of carbonyl (C=O) groups is 6. The summed E-state index contributed by atoms with van der Waals surface area (Å²) in [6.07, 6.45) is 1.37. The first kappa shape index (κ1) is 41.5. The number of aliphatic carboxylic acids is 1. The second-order valence-corrected chi connectivity index (χ2v) is 15.6. The number of ketones is 1. The fourth-order valence-electron chi connectivity index (χ4n) is 7.07. The van der Waals surface area contributed by atoms with Gasteiger partial charge >= 0.3 is 11.9 Å². The van der Waals surface area contributed by atoms with Crippen LogP contribution in [0.5, 0.6) is 0 Å². The summed E-state index contributed by atoms with van der Waals surface area (Å²) in [6.45, 7) is 11.0. The van der Waals surface area contributed by atoms with Crippen molar-refractivity contribution in [1.29, 1.82) is 5.26 Å². The maximum Gasteiger partial charge on any atom is 0.306 e. The molecule has 0 spiro atoms. The van der Waals surface area contributed by atoms with E-state index < -0.39 is 77.7 Å². The molecule has 0 aromatic heterocycles. The van der Waals surface area contributed by atoms with Gasteiger partial charge in [-0.05, 0) is 82.1 Å². The van der Waals surface area contributed by atoms with Gasteiger partial charge in [0.05, 0.1) is 18.5 Å². The largest absolute Gasteiger partial charge is 0.481 e. The molecule has 0 saturated carbocycles. The Morgan fingerprint density at radius 1 is 1.02 bits per heavy atom. The SMILES string of the molecule is Cc1ccc2c(c1)CCN(C(=O)[C@@H](NC(=O)[C@H](CCCC(=O)OC(C)(C)C)CCC(=O)C1Cc3ccccc3N1)C(C)C)[C@@H]2C(=O)N[C@H](C#N)CC(=O)O. The number of aryl methyl sites for hydroxylation is 1. The third kappa shape index (κ3) is 11.1. The van der Waals surface area contributed by atoms with Crippen LogP contribution in [0.15, 0.2) is 42.5 Å². The van der Waals surface area contributed by atoms with Crippen LogP contribution in [0.3, 0.4) is 0 Å². The van der Waals surface area contributed by atoms with Crippen LogP contribution in [0.2, 0.25) is 0 Å². The smallest absolute Gasteiger partial charge is 0.306 e. The van der Waals surface area contributed by atoms with Crippen molar-refractivity contribution in [2.75, 3.05) is 11.9 Å². The molecule has 0 radical (unpaired) electrons. The first-order chi connectivity index (χ1) is 25.5. The lowest BCUT2D eigenvalue weighted by molar-refractivity contribution is -0.155. The van der Waals surface area contributed by atoms with E-state index in [1.54, 1.807) is 46.8 Å². The van der Waals surface area contributed by atoms with Crippen molar-refractivity contribution in [3.05, 3.63) is 64.7 Å². The number of amides is 3. The second kappa shape index (κ2) is 18.2. The van der Waals surface area contributed by atoms with Gasteiger partial charge in [-0.1, -0.05) is 55.8 Å². The molecule has 5 atom stereocenters. The summed E-state index contributed by atoms with van der Waals surface area (Å²) >= 11 is 0. The van der Waals surface area contributed by atoms with E-state index in [0.717, 1.165) is 22.4 Å². The van der Waals surface area contributed by atoms with Gasteiger partial charge in [0.2, 0.25) is 17.7 Å². The van der Waals surface area contributed by atoms with Crippen molar-refractivity contribution in [1.82, 2.24) is 15.5 Å². The first-order valence-electron chi connectivity index (χ1n) is 18.7. The molecule has 4 N–H and O–H groups in total. The molecular weight excluding hydrogens is 690 g/mol. The van der Waals surface area contributed by atoms with E-state index in [2.05, 4.69) is 16.0 Å². The fourth-order valence-corrected chi connectivity index (χ4v) is 7.07. The van der Waals surface area contributed by atoms with Gasteiger partial charge in [0.1, 0.15) is 23.7 Å². The molecule has 4 rings (SSSR count). The van der Waals surface area contributed by atoms with E-state index in [1.807, 2.05) is 43.3 Å². The van der Waals surface area contributed by atoms with Crippen LogP contribution < -0.4 is 16.0 Å². The van der Waals surface area contributed by atoms with Crippen LogP contribution in [0, 0.1) is 30.1 Å². The molecule has 0 bridgehead atoms. The minimum atomic E-state index is -1.32. The maximum atomic E-state index is 14.5. The number of Topliss-reactive ketones (excluding diaryl/α,β-unsaturated/α-hetero) is 1. The van der Waals surface area contributed by atoms with Crippen molar-refractivity contribution in [2.45, 2.75) is 123 Å². The van der Waals surface area contributed by atoms with Crippen molar-refractivity contribution in [3.8, 4) is 6.07 Å². The van der Waals surface area contributed by atoms with Crippen LogP contribution in [-0.4, -0.2) is 75.7 Å². The number of ether oxygens (including phenoxy) is 1. The number of hydrogen-bond donors (Lipinski definition) is 4. The van der Waals surface area contributed by atoms with Crippen LogP contribution in [0.4, 0.5) is 5.69 Å². The van der Waals surface area contributed by atoms with E-state index >= 15 is 0 Å². The molecule has 2 aromatic rings. The number of rotatable bonds is 16. The Hall–Kier alpha value is -5.25. The monoisotopic (exact) mass is 743 g/mol. The average molecular weight is 744 g/mol. The topological polar surface area (TPSA) is 195 Å². The molecular formula is C41H53N5O8. The third-order valence-corrected chi connectivity index (χ3v) is 9.76. The molecule has 13 nitrogen and oxygen atoms in total. The predicted molar refractivity (Wildman–Crippen MR) is 201 cm³/mol. The lowest BCUT2D eigenvalue weighted by Gasteiger charge is -2.39. The minimum absolute atomic E-state index is 0.0396. The number of nitrogens with one attached hydrogen (secondary N) is 3. The number of carboxylic acid groups (broad SMARTS) is 1. The molecule has 2 aliphatic heterocycles. The van der Waals surface area contributed by atoms with E-state index in [0.29, 0.717) is 24.8 Å². The zero-order valence-corrected chi connectivity index (χ0v) is 32.1. The molecule has 2 aliphatic rings. The number of nitrogens with zero attached hydrogens (tertiary/aromatic N) is 2. The Kier molecular flexibility index (Phi) is 14.0. The number of esters is 1. The Labute approximate surface area is 317 Å². The molecule has 0 aliphatic carbocycles. The molecule has 1 unspecified atom stereocenters. The van der Waals surface area contributed by atoms with Crippen LogP contribution in [-0.2, 0) is 46.3 Å². The van der Waals surface area contributed by atoms with Gasteiger partial charge in [-0.3, -0.25) is 28.8 Å². The van der Waals surface area contributed by atoms with Crippen molar-refractivity contribution in [3.63, 3.8) is 0 Å². The van der Waals surface area contributed by atoms with Gasteiger partial charge in [0, 0.05) is 37.4 Å². The molecule has 290 valence electrons. The standard InChI is InChI=1S/C41H53N5O8/c1-24(2)36(40(53)46-19-18-27-20-25(3)14-16-30(27)37(46)39(52)43-29(23-42)22-34(48)49)45-38(51)26(11-9-13-35(50)54-41(4,5)6)15-17-33(47)32-21-28-10-7-8-12-31(28)44-32/h7-8,10,12,14,16,20,24,26,29,32,36-37,44H,9,11,13,15,17-19,21-22H2,1-6H3,(H,43,52)(H,45,51)(H,48,49)/t26-,29+,32?,36+,37+/m1/s1. The van der Waals surface area contributed by atoms with Gasteiger partial charge in [0.25, 0.3) is 0 Å². The highest BCUT2D eigenvalue weighted by Gasteiger charge is 2.41. The van der Waals surface area contributed by atoms with Crippen LogP contribution in [0.1, 0.15) is 101 Å². The highest BCUT2D eigenvalue weighted by Crippen LogP contribution is 2.33. The summed E-state index contributed by atoms with van der Waals surface area (Å²) in [4.78, 5) is 81.0. The number of fused-ring (bicyclic) bond motifs is 2. The first-order valence-corrected chi connectivity index (χ1v) is 18.7. The van der Waals surface area contributed by atoms with E-state index in [4.69, 9.17) is 4.74 Å². The van der Waals surface area contributed by atoms with Gasteiger partial charge in [-0.2, -0.15) is 5.26 Å². The summed E-state index contributed by atoms with van der Waals surface area (Å²) in [6, 6.07) is 11.1. The number of hydrogen-bond acceptors (Lipinski definition) is 9. The van der Waals surface area contributed by atoms with Gasteiger partial charge in [0.15, 0.2) is 5.78 Å². The summed E-state index contributed by atoms with van der Waals surface area (Å²) in [7, 11) is 0. The predicted octanol–water partition coefficient (Wildman–Crippen LogP) is 4.56.